The molecule has 0 radical (unpaired) electrons. The van der Waals surface area contributed by atoms with Gasteiger partial charge in [-0.15, -0.1) is 0 Å². The molecule has 3 aromatic rings. The summed E-state index contributed by atoms with van der Waals surface area (Å²) >= 11 is 0. The Labute approximate surface area is 241 Å². The second-order valence-corrected chi connectivity index (χ2v) is 11.1. The van der Waals surface area contributed by atoms with E-state index in [1.54, 1.807) is 12.1 Å². The van der Waals surface area contributed by atoms with Crippen molar-refractivity contribution in [1.82, 2.24) is 5.32 Å². The van der Waals surface area contributed by atoms with Gasteiger partial charge in [0.1, 0.15) is 6.61 Å². The Morgan fingerprint density at radius 2 is 1.27 bits per heavy atom. The molecule has 0 aromatic heterocycles. The van der Waals surface area contributed by atoms with Crippen LogP contribution in [0.15, 0.2) is 77.7 Å². The fourth-order valence-electron chi connectivity index (χ4n) is 4.53. The molecule has 1 N–H and O–H groups in total. The van der Waals surface area contributed by atoms with Crippen molar-refractivity contribution in [3.05, 3.63) is 89.5 Å². The van der Waals surface area contributed by atoms with Crippen molar-refractivity contribution in [2.45, 2.75) is 24.2 Å². The van der Waals surface area contributed by atoms with Gasteiger partial charge < -0.3 is 24.3 Å². The Morgan fingerprint density at radius 1 is 0.732 bits per heavy atom. The standard InChI is InChI=1S/C31H37NO8S/c1-24-11-13-25(14-12-24)41(34,35)40-22-21-38-20-19-37-18-17-36-16-6-15-32-31(33)39-23-30-28-9-4-2-7-26(28)27-8-3-5-10-29(27)30/h2-5,7-14,30H,6,15-23H2,1H3,(H,32,33). The summed E-state index contributed by atoms with van der Waals surface area (Å²) in [4.78, 5) is 12.3. The van der Waals surface area contributed by atoms with E-state index in [9.17, 15) is 13.2 Å². The summed E-state index contributed by atoms with van der Waals surface area (Å²) in [6.45, 7) is 4.68. The number of rotatable bonds is 17. The Hall–Kier alpha value is -3.28. The van der Waals surface area contributed by atoms with E-state index in [0.29, 0.717) is 46.0 Å². The van der Waals surface area contributed by atoms with Crippen LogP contribution in [0.4, 0.5) is 4.79 Å². The Kier molecular flexibility index (Phi) is 11.7. The lowest BCUT2D eigenvalue weighted by Crippen LogP contribution is -2.27. The predicted molar refractivity (Wildman–Crippen MR) is 154 cm³/mol. The van der Waals surface area contributed by atoms with E-state index in [0.717, 1.165) is 5.56 Å². The first-order valence-corrected chi connectivity index (χ1v) is 15.1. The molecule has 9 nitrogen and oxygen atoms in total. The summed E-state index contributed by atoms with van der Waals surface area (Å²) in [6.07, 6.45) is 0.215. The quantitative estimate of drug-likeness (QED) is 0.180. The van der Waals surface area contributed by atoms with Crippen LogP contribution in [-0.4, -0.2) is 73.9 Å². The van der Waals surface area contributed by atoms with Crippen molar-refractivity contribution in [2.24, 2.45) is 0 Å². The molecule has 4 rings (SSSR count). The van der Waals surface area contributed by atoms with E-state index >= 15 is 0 Å². The van der Waals surface area contributed by atoms with Crippen LogP contribution in [0, 0.1) is 6.92 Å². The zero-order valence-corrected chi connectivity index (χ0v) is 24.1. The number of carbonyl (C=O) groups excluding carboxylic acids is 1. The number of hydrogen-bond donors (Lipinski definition) is 1. The molecule has 0 heterocycles. The van der Waals surface area contributed by atoms with Gasteiger partial charge in [0.2, 0.25) is 0 Å². The number of fused-ring (bicyclic) bond motifs is 3. The summed E-state index contributed by atoms with van der Waals surface area (Å²) in [5, 5.41) is 2.77. The third-order valence-corrected chi connectivity index (χ3v) is 7.92. The highest BCUT2D eigenvalue weighted by Crippen LogP contribution is 2.44. The molecule has 1 amide bonds. The van der Waals surface area contributed by atoms with Gasteiger partial charge in [0.05, 0.1) is 44.5 Å². The highest BCUT2D eigenvalue weighted by molar-refractivity contribution is 7.86. The Bertz CT molecular complexity index is 1320. The van der Waals surface area contributed by atoms with Crippen LogP contribution in [0.1, 0.15) is 29.0 Å². The molecule has 220 valence electrons. The molecule has 3 aromatic carbocycles. The largest absolute Gasteiger partial charge is 0.449 e. The normalized spacial score (nSPS) is 12.6. The molecule has 0 unspecified atom stereocenters. The van der Waals surface area contributed by atoms with E-state index in [1.165, 1.54) is 34.4 Å². The zero-order valence-electron chi connectivity index (χ0n) is 23.3. The number of amides is 1. The zero-order chi connectivity index (χ0) is 28.9. The smallest absolute Gasteiger partial charge is 0.407 e. The highest BCUT2D eigenvalue weighted by atomic mass is 32.2. The van der Waals surface area contributed by atoms with E-state index < -0.39 is 16.2 Å². The third-order valence-electron chi connectivity index (χ3n) is 6.60. The number of ether oxygens (including phenoxy) is 4. The topological polar surface area (TPSA) is 109 Å². The van der Waals surface area contributed by atoms with E-state index in [4.69, 9.17) is 23.1 Å². The van der Waals surface area contributed by atoms with Crippen molar-refractivity contribution in [1.29, 1.82) is 0 Å². The number of carbonyl (C=O) groups is 1. The predicted octanol–water partition coefficient (Wildman–Crippen LogP) is 4.68. The number of hydrogen-bond acceptors (Lipinski definition) is 8. The molecule has 1 aliphatic carbocycles. The monoisotopic (exact) mass is 583 g/mol. The first-order valence-electron chi connectivity index (χ1n) is 13.7. The fraction of sp³-hybridized carbons (Fsp3) is 0.387. The molecule has 0 atom stereocenters. The molecule has 0 spiro atoms. The van der Waals surface area contributed by atoms with Crippen LogP contribution in [0.2, 0.25) is 0 Å². The maximum Gasteiger partial charge on any atom is 0.407 e. The average Bonchev–Trinajstić information content (AvgIpc) is 3.30. The number of benzene rings is 3. The van der Waals surface area contributed by atoms with Gasteiger partial charge in [0.15, 0.2) is 0 Å². The van der Waals surface area contributed by atoms with Gasteiger partial charge in [-0.1, -0.05) is 66.2 Å². The van der Waals surface area contributed by atoms with Crippen LogP contribution < -0.4 is 5.32 Å². The molecule has 0 bridgehead atoms. The second-order valence-electron chi connectivity index (χ2n) is 9.53. The molecule has 0 saturated heterocycles. The van der Waals surface area contributed by atoms with Crippen LogP contribution in [-0.2, 0) is 33.2 Å². The second kappa shape index (κ2) is 15.6. The van der Waals surface area contributed by atoms with Crippen molar-refractivity contribution in [3.63, 3.8) is 0 Å². The molecule has 0 saturated carbocycles. The first kappa shape index (κ1) is 30.7. The van der Waals surface area contributed by atoms with E-state index in [1.807, 2.05) is 31.2 Å². The van der Waals surface area contributed by atoms with Gasteiger partial charge in [-0.05, 0) is 47.7 Å². The number of alkyl carbamates (subject to hydrolysis) is 1. The molecule has 10 heteroatoms. The summed E-state index contributed by atoms with van der Waals surface area (Å²) < 4.78 is 51.0. The van der Waals surface area contributed by atoms with Crippen LogP contribution in [0.5, 0.6) is 0 Å². The minimum atomic E-state index is -3.78. The van der Waals surface area contributed by atoms with Gasteiger partial charge in [-0.3, -0.25) is 4.18 Å². The van der Waals surface area contributed by atoms with Gasteiger partial charge >= 0.3 is 6.09 Å². The van der Waals surface area contributed by atoms with E-state index in [-0.39, 0.29) is 30.6 Å². The molecule has 0 fully saturated rings. The minimum Gasteiger partial charge on any atom is -0.449 e. The average molecular weight is 584 g/mol. The minimum absolute atomic E-state index is 0.0374. The van der Waals surface area contributed by atoms with E-state index in [2.05, 4.69) is 29.6 Å². The van der Waals surface area contributed by atoms with Crippen molar-refractivity contribution >= 4 is 16.2 Å². The van der Waals surface area contributed by atoms with Crippen molar-refractivity contribution in [3.8, 4) is 11.1 Å². The maximum atomic E-state index is 12.2. The van der Waals surface area contributed by atoms with Crippen molar-refractivity contribution in [2.75, 3.05) is 59.4 Å². The fourth-order valence-corrected chi connectivity index (χ4v) is 5.42. The Balaban J connectivity index is 0.964. The number of aryl methyl sites for hydroxylation is 1. The molecule has 0 aliphatic heterocycles. The van der Waals surface area contributed by atoms with Gasteiger partial charge in [0, 0.05) is 19.1 Å². The summed E-state index contributed by atoms with van der Waals surface area (Å²) in [5.74, 6) is 0.0374. The molecular weight excluding hydrogens is 546 g/mol. The number of nitrogens with one attached hydrogen (secondary N) is 1. The van der Waals surface area contributed by atoms with Gasteiger partial charge in [-0.25, -0.2) is 4.79 Å². The van der Waals surface area contributed by atoms with Crippen molar-refractivity contribution < 1.29 is 36.3 Å². The maximum absolute atomic E-state index is 12.2. The summed E-state index contributed by atoms with van der Waals surface area (Å²) in [7, 11) is -3.78. The van der Waals surface area contributed by atoms with Gasteiger partial charge in [-0.2, -0.15) is 8.42 Å². The first-order chi connectivity index (χ1) is 20.0. The molecule has 41 heavy (non-hydrogen) atoms. The highest BCUT2D eigenvalue weighted by Gasteiger charge is 2.28. The lowest BCUT2D eigenvalue weighted by atomic mass is 9.98. The lowest BCUT2D eigenvalue weighted by molar-refractivity contribution is 0.00938. The van der Waals surface area contributed by atoms with Crippen LogP contribution in [0.25, 0.3) is 11.1 Å². The van der Waals surface area contributed by atoms with Crippen LogP contribution >= 0.6 is 0 Å². The molecule has 1 aliphatic rings. The Morgan fingerprint density at radius 3 is 1.88 bits per heavy atom. The molecular formula is C31H37NO8S. The lowest BCUT2D eigenvalue weighted by Gasteiger charge is -2.14. The SMILES string of the molecule is Cc1ccc(S(=O)(=O)OCCOCCOCCOCCCNC(=O)OCC2c3ccccc3-c3ccccc32)cc1. The third kappa shape index (κ3) is 9.11. The van der Waals surface area contributed by atoms with Gasteiger partial charge in [0.25, 0.3) is 10.1 Å². The summed E-state index contributed by atoms with van der Waals surface area (Å²) in [6, 6.07) is 22.9. The summed E-state index contributed by atoms with van der Waals surface area (Å²) in [5.41, 5.74) is 5.73. The van der Waals surface area contributed by atoms with Crippen LogP contribution in [0.3, 0.4) is 0 Å².